The van der Waals surface area contributed by atoms with Crippen molar-refractivity contribution < 1.29 is 23.1 Å². The third kappa shape index (κ3) is 4.96. The molecule has 0 aliphatic carbocycles. The molecule has 0 radical (unpaired) electrons. The first-order chi connectivity index (χ1) is 16.3. The van der Waals surface area contributed by atoms with Crippen molar-refractivity contribution >= 4 is 45.5 Å². The van der Waals surface area contributed by atoms with Crippen molar-refractivity contribution in [2.75, 3.05) is 5.32 Å². The molecule has 0 spiro atoms. The minimum Gasteiger partial charge on any atom is -0.477 e. The van der Waals surface area contributed by atoms with Gasteiger partial charge in [0.25, 0.3) is 0 Å². The number of aromatic nitrogens is 2. The molecule has 1 aliphatic rings. The fraction of sp³-hybridized carbons (Fsp3) is 0.250. The minimum absolute atomic E-state index is 0.0502. The number of carboxylic acids is 1. The molecule has 0 fully saturated rings. The van der Waals surface area contributed by atoms with Crippen molar-refractivity contribution in [2.45, 2.75) is 43.3 Å². The summed E-state index contributed by atoms with van der Waals surface area (Å²) in [5.41, 5.74) is 2.88. The van der Waals surface area contributed by atoms with E-state index in [0.717, 1.165) is 16.3 Å². The first kappa shape index (κ1) is 24.9. The summed E-state index contributed by atoms with van der Waals surface area (Å²) in [6.45, 7) is 6.91. The van der Waals surface area contributed by atoms with Crippen molar-refractivity contribution in [1.82, 2.24) is 9.97 Å². The number of halogens is 3. The van der Waals surface area contributed by atoms with Gasteiger partial charge >= 0.3 is 12.1 Å². The Hall–Kier alpha value is -3.18. The molecule has 0 saturated heterocycles. The number of aliphatic carboxylic acids is 1. The van der Waals surface area contributed by atoms with Gasteiger partial charge in [-0.1, -0.05) is 17.4 Å². The number of hydrogen-bond donors (Lipinski definition) is 3. The van der Waals surface area contributed by atoms with Crippen molar-refractivity contribution in [3.05, 3.63) is 64.1 Å². The van der Waals surface area contributed by atoms with Gasteiger partial charge in [0, 0.05) is 33.5 Å². The van der Waals surface area contributed by atoms with E-state index in [0.29, 0.717) is 33.8 Å². The van der Waals surface area contributed by atoms with Crippen LogP contribution in [0.3, 0.4) is 0 Å². The molecular weight excluding hydrogens is 497 g/mol. The minimum atomic E-state index is -4.44. The van der Waals surface area contributed by atoms with Crippen LogP contribution in [0.5, 0.6) is 0 Å². The van der Waals surface area contributed by atoms with Gasteiger partial charge in [-0.15, -0.1) is 11.8 Å². The molecule has 2 aromatic heterocycles. The Morgan fingerprint density at radius 2 is 1.80 bits per heavy atom. The number of allylic oxidation sites excluding steroid dienone is 1. The molecule has 182 valence electrons. The zero-order valence-electron chi connectivity index (χ0n) is 19.2. The number of anilines is 1. The molecular formula is C24H21F3N4O2S2. The zero-order valence-corrected chi connectivity index (χ0v) is 20.8. The Bertz CT molecular complexity index is 1380. The number of fused-ring (bicyclic) bond motifs is 3. The number of carboxylic acid groups (broad SMARTS) is 1. The maximum Gasteiger partial charge on any atom is 0.416 e. The van der Waals surface area contributed by atoms with Crippen molar-refractivity contribution in [2.24, 2.45) is 0 Å². The Balaban J connectivity index is 1.80. The van der Waals surface area contributed by atoms with E-state index in [2.05, 4.69) is 15.3 Å². The molecule has 0 amide bonds. The quantitative estimate of drug-likeness (QED) is 0.250. The second-order valence-electron chi connectivity index (χ2n) is 8.16. The second-order valence-corrected chi connectivity index (χ2v) is 10.8. The smallest absolute Gasteiger partial charge is 0.416 e. The lowest BCUT2D eigenvalue weighted by Gasteiger charge is -2.22. The predicted molar refractivity (Wildman–Crippen MR) is 132 cm³/mol. The first-order valence-electron chi connectivity index (χ1n) is 10.5. The van der Waals surface area contributed by atoms with Crippen LogP contribution in [-0.4, -0.2) is 26.8 Å². The number of hydrogen-bond acceptors (Lipinski definition) is 7. The van der Waals surface area contributed by atoms with Gasteiger partial charge in [-0.25, -0.2) is 9.78 Å². The largest absolute Gasteiger partial charge is 0.477 e. The average Bonchev–Trinajstić information content (AvgIpc) is 3.14. The van der Waals surface area contributed by atoms with Gasteiger partial charge in [-0.05, 0) is 63.1 Å². The van der Waals surface area contributed by atoms with Crippen LogP contribution in [0.1, 0.15) is 47.2 Å². The Morgan fingerprint density at radius 1 is 1.14 bits per heavy atom. The van der Waals surface area contributed by atoms with Gasteiger partial charge in [0.2, 0.25) is 0 Å². The molecule has 1 aliphatic heterocycles. The number of nitrogens with one attached hydrogen (secondary N) is 2. The van der Waals surface area contributed by atoms with E-state index >= 15 is 0 Å². The molecule has 3 aromatic rings. The van der Waals surface area contributed by atoms with Crippen LogP contribution < -0.4 is 5.32 Å². The Morgan fingerprint density at radius 3 is 2.37 bits per heavy atom. The molecule has 11 heteroatoms. The standard InChI is InChI=1S/C24H21F3N4O2S2/c1-10-7-14(8-11(2)29-10)18(12(3)28)20(21(32)33)31-23-30-19-16-6-5-15(24(25,26)27)9-17(16)13(4)34-22(19)35-23/h5-9,13,28H,1-4H3,(H,30,31)(H,32,33)/b20-18+,28-12?. The molecule has 1 aromatic carbocycles. The van der Waals surface area contributed by atoms with E-state index in [1.807, 2.05) is 6.92 Å². The van der Waals surface area contributed by atoms with Crippen LogP contribution in [0.4, 0.5) is 18.3 Å². The summed E-state index contributed by atoms with van der Waals surface area (Å²) in [5, 5.41) is 21.2. The number of nitrogens with zero attached hydrogens (tertiary/aromatic N) is 2. The first-order valence-corrected chi connectivity index (χ1v) is 12.2. The van der Waals surface area contributed by atoms with E-state index in [-0.39, 0.29) is 27.4 Å². The summed E-state index contributed by atoms with van der Waals surface area (Å²) in [4.78, 5) is 21.1. The second kappa shape index (κ2) is 9.12. The number of thioether (sulfide) groups is 1. The van der Waals surface area contributed by atoms with Gasteiger partial charge in [0.05, 0.1) is 15.5 Å². The Labute approximate surface area is 207 Å². The van der Waals surface area contributed by atoms with Crippen LogP contribution in [0.15, 0.2) is 40.2 Å². The van der Waals surface area contributed by atoms with Crippen molar-refractivity contribution in [1.29, 1.82) is 5.41 Å². The topological polar surface area (TPSA) is 99.0 Å². The van der Waals surface area contributed by atoms with E-state index in [1.165, 1.54) is 36.1 Å². The molecule has 0 bridgehead atoms. The van der Waals surface area contributed by atoms with E-state index < -0.39 is 17.7 Å². The number of rotatable bonds is 5. The van der Waals surface area contributed by atoms with Gasteiger partial charge in [0.15, 0.2) is 5.13 Å². The SMILES string of the molecule is CC(=N)/C(=C(\Nc1nc2c(s1)SC(C)c1cc(C(F)(F)F)ccc1-2)C(=O)O)c1cc(C)nc(C)c1. The van der Waals surface area contributed by atoms with Crippen LogP contribution in [-0.2, 0) is 11.0 Å². The lowest BCUT2D eigenvalue weighted by molar-refractivity contribution is -0.137. The summed E-state index contributed by atoms with van der Waals surface area (Å²) in [5.74, 6) is -1.26. The number of carbonyl (C=O) groups is 1. The maximum atomic E-state index is 13.2. The Kier molecular flexibility index (Phi) is 6.50. The summed E-state index contributed by atoms with van der Waals surface area (Å²) in [7, 11) is 0. The molecule has 1 atom stereocenters. The highest BCUT2D eigenvalue weighted by Gasteiger charge is 2.34. The predicted octanol–water partition coefficient (Wildman–Crippen LogP) is 6.95. The van der Waals surface area contributed by atoms with Crippen LogP contribution >= 0.6 is 23.1 Å². The number of aryl methyl sites for hydroxylation is 2. The fourth-order valence-corrected chi connectivity index (χ4v) is 6.47. The monoisotopic (exact) mass is 518 g/mol. The normalized spacial score (nSPS) is 15.7. The van der Waals surface area contributed by atoms with E-state index in [4.69, 9.17) is 5.41 Å². The lowest BCUT2D eigenvalue weighted by Crippen LogP contribution is -2.16. The highest BCUT2D eigenvalue weighted by atomic mass is 32.2. The summed E-state index contributed by atoms with van der Waals surface area (Å²) in [6, 6.07) is 7.02. The van der Waals surface area contributed by atoms with E-state index in [1.54, 1.807) is 26.0 Å². The van der Waals surface area contributed by atoms with E-state index in [9.17, 15) is 23.1 Å². The van der Waals surface area contributed by atoms with Crippen molar-refractivity contribution in [3.63, 3.8) is 0 Å². The zero-order chi connectivity index (χ0) is 25.7. The molecule has 35 heavy (non-hydrogen) atoms. The molecule has 1 unspecified atom stereocenters. The third-order valence-electron chi connectivity index (χ3n) is 5.39. The number of benzene rings is 1. The molecule has 3 heterocycles. The summed E-state index contributed by atoms with van der Waals surface area (Å²) in [6.07, 6.45) is -4.44. The molecule has 6 nitrogen and oxygen atoms in total. The maximum absolute atomic E-state index is 13.2. The highest BCUT2D eigenvalue weighted by Crippen LogP contribution is 2.52. The number of thiazole rings is 1. The number of alkyl halides is 3. The molecule has 0 saturated carbocycles. The van der Waals surface area contributed by atoms with Crippen LogP contribution in [0.2, 0.25) is 0 Å². The van der Waals surface area contributed by atoms with Crippen molar-refractivity contribution in [3.8, 4) is 11.3 Å². The summed E-state index contributed by atoms with van der Waals surface area (Å²) >= 11 is 2.61. The molecule has 4 rings (SSSR count). The van der Waals surface area contributed by atoms with Gasteiger partial charge < -0.3 is 15.8 Å². The highest BCUT2D eigenvalue weighted by molar-refractivity contribution is 8.01. The van der Waals surface area contributed by atoms with Crippen LogP contribution in [0, 0.1) is 19.3 Å². The van der Waals surface area contributed by atoms with Crippen LogP contribution in [0.25, 0.3) is 16.8 Å². The third-order valence-corrected chi connectivity index (χ3v) is 7.71. The molecule has 3 N–H and O–H groups in total. The van der Waals surface area contributed by atoms with Gasteiger partial charge in [0.1, 0.15) is 5.70 Å². The van der Waals surface area contributed by atoms with Gasteiger partial charge in [-0.2, -0.15) is 13.2 Å². The average molecular weight is 519 g/mol. The fourth-order valence-electron chi connectivity index (χ4n) is 3.98. The van der Waals surface area contributed by atoms with Gasteiger partial charge in [-0.3, -0.25) is 4.98 Å². The summed E-state index contributed by atoms with van der Waals surface area (Å²) < 4.78 is 40.4. The lowest BCUT2D eigenvalue weighted by atomic mass is 9.98. The number of pyridine rings is 1.